The molecule has 0 aromatic heterocycles. The van der Waals surface area contributed by atoms with E-state index in [1.807, 2.05) is 29.2 Å². The standard InChI is InChI=1S/C24H30N2O2/c1-28-22-12-10-20(11-13-22)24(27)26-17-21(16-25-14-6-3-7-15-25)23(18-26)19-8-4-2-5-9-19/h2,4-5,8-13,21,23H,3,6-7,14-18H2,1H3/t21-,23+/m0/s1. The molecule has 4 nitrogen and oxygen atoms in total. The lowest BCUT2D eigenvalue weighted by atomic mass is 9.88. The van der Waals surface area contributed by atoms with Crippen molar-refractivity contribution in [3.05, 3.63) is 65.7 Å². The average Bonchev–Trinajstić information content (AvgIpc) is 3.18. The fraction of sp³-hybridized carbons (Fsp3) is 0.458. The summed E-state index contributed by atoms with van der Waals surface area (Å²) in [7, 11) is 1.65. The summed E-state index contributed by atoms with van der Waals surface area (Å²) in [5, 5.41) is 0. The van der Waals surface area contributed by atoms with Crippen molar-refractivity contribution in [2.75, 3.05) is 39.8 Å². The predicted molar refractivity (Wildman–Crippen MR) is 112 cm³/mol. The van der Waals surface area contributed by atoms with Gasteiger partial charge in [0.15, 0.2) is 0 Å². The Labute approximate surface area is 168 Å². The van der Waals surface area contributed by atoms with Gasteiger partial charge in [0.2, 0.25) is 0 Å². The van der Waals surface area contributed by atoms with E-state index in [0.29, 0.717) is 11.8 Å². The molecule has 148 valence electrons. The molecule has 4 heteroatoms. The highest BCUT2D eigenvalue weighted by Crippen LogP contribution is 2.34. The van der Waals surface area contributed by atoms with Crippen molar-refractivity contribution in [2.45, 2.75) is 25.2 Å². The summed E-state index contributed by atoms with van der Waals surface area (Å²) in [4.78, 5) is 17.8. The summed E-state index contributed by atoms with van der Waals surface area (Å²) in [6.45, 7) is 5.12. The van der Waals surface area contributed by atoms with Crippen LogP contribution in [0.1, 0.15) is 41.1 Å². The van der Waals surface area contributed by atoms with Crippen LogP contribution in [0.5, 0.6) is 5.75 Å². The fourth-order valence-corrected chi connectivity index (χ4v) is 4.69. The number of amides is 1. The van der Waals surface area contributed by atoms with Crippen molar-refractivity contribution in [3.63, 3.8) is 0 Å². The third kappa shape index (κ3) is 4.22. The Morgan fingerprint density at radius 1 is 0.964 bits per heavy atom. The maximum absolute atomic E-state index is 13.1. The van der Waals surface area contributed by atoms with Crippen LogP contribution in [-0.4, -0.2) is 55.5 Å². The molecule has 0 bridgehead atoms. The molecule has 0 aliphatic carbocycles. The van der Waals surface area contributed by atoms with Crippen LogP contribution in [0.2, 0.25) is 0 Å². The Balaban J connectivity index is 1.51. The van der Waals surface area contributed by atoms with E-state index in [4.69, 9.17) is 4.74 Å². The number of piperidine rings is 1. The lowest BCUT2D eigenvalue weighted by Crippen LogP contribution is -2.36. The maximum atomic E-state index is 13.1. The second kappa shape index (κ2) is 8.78. The molecule has 2 atom stereocenters. The van der Waals surface area contributed by atoms with Crippen LogP contribution in [0, 0.1) is 5.92 Å². The van der Waals surface area contributed by atoms with Gasteiger partial charge < -0.3 is 14.5 Å². The number of carbonyl (C=O) groups excluding carboxylic acids is 1. The van der Waals surface area contributed by atoms with E-state index in [0.717, 1.165) is 30.9 Å². The van der Waals surface area contributed by atoms with E-state index >= 15 is 0 Å². The zero-order valence-electron chi connectivity index (χ0n) is 16.7. The first-order valence-electron chi connectivity index (χ1n) is 10.5. The van der Waals surface area contributed by atoms with Gasteiger partial charge in [-0.3, -0.25) is 4.79 Å². The van der Waals surface area contributed by atoms with Crippen LogP contribution in [-0.2, 0) is 0 Å². The van der Waals surface area contributed by atoms with Crippen LogP contribution in [0.4, 0.5) is 0 Å². The van der Waals surface area contributed by atoms with Crippen molar-refractivity contribution < 1.29 is 9.53 Å². The van der Waals surface area contributed by atoms with Gasteiger partial charge in [0.05, 0.1) is 7.11 Å². The van der Waals surface area contributed by atoms with Gasteiger partial charge in [-0.05, 0) is 61.7 Å². The van der Waals surface area contributed by atoms with Crippen molar-refractivity contribution in [2.24, 2.45) is 5.92 Å². The molecule has 2 aliphatic heterocycles. The van der Waals surface area contributed by atoms with Crippen LogP contribution in [0.25, 0.3) is 0 Å². The number of rotatable bonds is 5. The highest BCUT2D eigenvalue weighted by atomic mass is 16.5. The van der Waals surface area contributed by atoms with E-state index in [1.54, 1.807) is 7.11 Å². The van der Waals surface area contributed by atoms with Crippen LogP contribution in [0.15, 0.2) is 54.6 Å². The number of hydrogen-bond acceptors (Lipinski definition) is 3. The number of nitrogens with zero attached hydrogens (tertiary/aromatic N) is 2. The first kappa shape index (κ1) is 19.0. The number of likely N-dealkylation sites (tertiary alicyclic amines) is 2. The summed E-state index contributed by atoms with van der Waals surface area (Å²) in [6, 6.07) is 18.2. The van der Waals surface area contributed by atoms with Crippen LogP contribution < -0.4 is 4.74 Å². The zero-order valence-corrected chi connectivity index (χ0v) is 16.7. The van der Waals surface area contributed by atoms with Crippen LogP contribution in [0.3, 0.4) is 0 Å². The number of methoxy groups -OCH3 is 1. The van der Waals surface area contributed by atoms with Gasteiger partial charge >= 0.3 is 0 Å². The topological polar surface area (TPSA) is 32.8 Å². The molecule has 2 heterocycles. The molecule has 2 fully saturated rings. The minimum absolute atomic E-state index is 0.129. The van der Waals surface area contributed by atoms with Gasteiger partial charge in [0.25, 0.3) is 5.91 Å². The lowest BCUT2D eigenvalue weighted by molar-refractivity contribution is 0.0781. The molecule has 4 rings (SSSR count). The van der Waals surface area contributed by atoms with Gasteiger partial charge in [-0.15, -0.1) is 0 Å². The largest absolute Gasteiger partial charge is 0.497 e. The summed E-state index contributed by atoms with van der Waals surface area (Å²) >= 11 is 0. The monoisotopic (exact) mass is 378 g/mol. The third-order valence-corrected chi connectivity index (χ3v) is 6.23. The molecule has 0 radical (unpaired) electrons. The number of ether oxygens (including phenoxy) is 1. The third-order valence-electron chi connectivity index (χ3n) is 6.23. The fourth-order valence-electron chi connectivity index (χ4n) is 4.69. The van der Waals surface area contributed by atoms with Gasteiger partial charge in [0, 0.05) is 31.1 Å². The number of carbonyl (C=O) groups is 1. The van der Waals surface area contributed by atoms with Gasteiger partial charge in [-0.25, -0.2) is 0 Å². The van der Waals surface area contributed by atoms with Crippen LogP contribution >= 0.6 is 0 Å². The molecule has 2 aliphatic rings. The second-order valence-electron chi connectivity index (χ2n) is 8.08. The minimum atomic E-state index is 0.129. The molecular formula is C24H30N2O2. The van der Waals surface area contributed by atoms with E-state index in [-0.39, 0.29) is 5.91 Å². The van der Waals surface area contributed by atoms with Crippen molar-refractivity contribution in [3.8, 4) is 5.75 Å². The Hall–Kier alpha value is -2.33. The average molecular weight is 379 g/mol. The normalized spacial score (nSPS) is 23.0. The number of benzene rings is 2. The Kier molecular flexibility index (Phi) is 5.96. The van der Waals surface area contributed by atoms with E-state index in [9.17, 15) is 4.79 Å². The molecule has 1 amide bonds. The van der Waals surface area contributed by atoms with Gasteiger partial charge in [0.1, 0.15) is 5.75 Å². The Bertz CT molecular complexity index is 769. The van der Waals surface area contributed by atoms with Crippen molar-refractivity contribution >= 4 is 5.91 Å². The van der Waals surface area contributed by atoms with E-state index in [2.05, 4.69) is 35.2 Å². The van der Waals surface area contributed by atoms with E-state index < -0.39 is 0 Å². The highest BCUT2D eigenvalue weighted by Gasteiger charge is 2.37. The Morgan fingerprint density at radius 2 is 1.68 bits per heavy atom. The summed E-state index contributed by atoms with van der Waals surface area (Å²) in [5.41, 5.74) is 2.10. The molecule has 2 saturated heterocycles. The van der Waals surface area contributed by atoms with Crippen molar-refractivity contribution in [1.29, 1.82) is 0 Å². The first-order valence-corrected chi connectivity index (χ1v) is 10.5. The molecule has 0 unspecified atom stereocenters. The van der Waals surface area contributed by atoms with Crippen molar-refractivity contribution in [1.82, 2.24) is 9.80 Å². The first-order chi connectivity index (χ1) is 13.7. The second-order valence-corrected chi connectivity index (χ2v) is 8.08. The molecule has 28 heavy (non-hydrogen) atoms. The minimum Gasteiger partial charge on any atom is -0.497 e. The van der Waals surface area contributed by atoms with E-state index in [1.165, 1.54) is 37.9 Å². The molecule has 0 spiro atoms. The molecule has 0 N–H and O–H groups in total. The summed E-state index contributed by atoms with van der Waals surface area (Å²) in [5.74, 6) is 1.81. The van der Waals surface area contributed by atoms with Gasteiger partial charge in [-0.1, -0.05) is 36.8 Å². The lowest BCUT2D eigenvalue weighted by Gasteiger charge is -2.31. The summed E-state index contributed by atoms with van der Waals surface area (Å²) in [6.07, 6.45) is 3.96. The maximum Gasteiger partial charge on any atom is 0.253 e. The quantitative estimate of drug-likeness (QED) is 0.787. The molecular weight excluding hydrogens is 348 g/mol. The summed E-state index contributed by atoms with van der Waals surface area (Å²) < 4.78 is 5.22. The Morgan fingerprint density at radius 3 is 2.36 bits per heavy atom. The van der Waals surface area contributed by atoms with Gasteiger partial charge in [-0.2, -0.15) is 0 Å². The molecule has 2 aromatic carbocycles. The smallest absolute Gasteiger partial charge is 0.253 e. The zero-order chi connectivity index (χ0) is 19.3. The predicted octanol–water partition coefficient (Wildman–Crippen LogP) is 4.04. The molecule has 2 aromatic rings. The SMILES string of the molecule is COc1ccc(C(=O)N2C[C@H](CN3CCCCC3)[C@@H](c3ccccc3)C2)cc1. The highest BCUT2D eigenvalue weighted by molar-refractivity contribution is 5.94. The molecule has 0 saturated carbocycles. The number of hydrogen-bond donors (Lipinski definition) is 0.